The van der Waals surface area contributed by atoms with E-state index in [4.69, 9.17) is 12.2 Å². The largest absolute Gasteiger partial charge is 0.0935 e. The van der Waals surface area contributed by atoms with Gasteiger partial charge in [-0.15, -0.1) is 0 Å². The number of hydrogen-bond acceptors (Lipinski definition) is 1. The molecule has 0 radical (unpaired) electrons. The van der Waals surface area contributed by atoms with Crippen molar-refractivity contribution in [3.63, 3.8) is 0 Å². The van der Waals surface area contributed by atoms with Crippen molar-refractivity contribution < 1.29 is 0 Å². The van der Waals surface area contributed by atoms with Gasteiger partial charge in [-0.3, -0.25) is 0 Å². The summed E-state index contributed by atoms with van der Waals surface area (Å²) in [5.41, 5.74) is 0. The molecule has 0 fully saturated rings. The molecule has 0 amide bonds. The van der Waals surface area contributed by atoms with Gasteiger partial charge in [0.1, 0.15) is 0 Å². The highest BCUT2D eigenvalue weighted by molar-refractivity contribution is 7.78. The van der Waals surface area contributed by atoms with E-state index in [0.717, 1.165) is 12.3 Å². The second kappa shape index (κ2) is 9.18. The fourth-order valence-corrected chi connectivity index (χ4v) is 1.71. The lowest BCUT2D eigenvalue weighted by atomic mass is 10.0. The number of hydrogen-bond donors (Lipinski definition) is 0. The Morgan fingerprint density at radius 3 is 2.42 bits per heavy atom. The first-order chi connectivity index (χ1) is 5.81. The van der Waals surface area contributed by atoms with Gasteiger partial charge >= 0.3 is 0 Å². The van der Waals surface area contributed by atoms with Gasteiger partial charge in [-0.2, -0.15) is 0 Å². The van der Waals surface area contributed by atoms with E-state index in [1.165, 1.54) is 38.5 Å². The van der Waals surface area contributed by atoms with Crippen molar-refractivity contribution in [1.82, 2.24) is 0 Å². The minimum atomic E-state index is 0.809. The predicted molar refractivity (Wildman–Crippen MR) is 60.8 cm³/mol. The minimum Gasteiger partial charge on any atom is -0.0935 e. The molecular weight excluding hydrogens is 164 g/mol. The molecule has 0 saturated heterocycles. The average molecular weight is 186 g/mol. The lowest BCUT2D eigenvalue weighted by molar-refractivity contribution is 0.502. The molecule has 72 valence electrons. The molecule has 0 aromatic heterocycles. The molecule has 0 aliphatic carbocycles. The molecule has 0 aromatic rings. The molecule has 0 N–H and O–H groups in total. The molecule has 0 heterocycles. The van der Waals surface area contributed by atoms with Crippen molar-refractivity contribution in [3.05, 3.63) is 0 Å². The Kier molecular flexibility index (Phi) is 9.25. The molecule has 0 spiro atoms. The smallest absolute Gasteiger partial charge is 0.0208 e. The Morgan fingerprint density at radius 1 is 1.17 bits per heavy atom. The Hall–Kier alpha value is 0.0900. The van der Waals surface area contributed by atoms with Crippen molar-refractivity contribution in [2.45, 2.75) is 58.8 Å². The van der Waals surface area contributed by atoms with Crippen LogP contribution in [0.25, 0.3) is 0 Å². The predicted octanol–water partition coefficient (Wildman–Crippen LogP) is 4.37. The Labute approximate surface area is 82.7 Å². The summed E-state index contributed by atoms with van der Waals surface area (Å²) in [7, 11) is 0. The van der Waals surface area contributed by atoms with E-state index in [1.807, 2.05) is 5.37 Å². The zero-order chi connectivity index (χ0) is 9.23. The maximum absolute atomic E-state index is 4.82. The number of unbranched alkanes of at least 4 members (excludes halogenated alkanes) is 4. The topological polar surface area (TPSA) is 0 Å². The highest BCUT2D eigenvalue weighted by Crippen LogP contribution is 2.13. The fourth-order valence-electron chi connectivity index (χ4n) is 1.38. The van der Waals surface area contributed by atoms with Crippen LogP contribution >= 0.6 is 12.2 Å². The van der Waals surface area contributed by atoms with Crippen LogP contribution in [0.4, 0.5) is 0 Å². The van der Waals surface area contributed by atoms with Gasteiger partial charge in [-0.05, 0) is 17.7 Å². The maximum Gasteiger partial charge on any atom is -0.0208 e. The second-order valence-corrected chi connectivity index (χ2v) is 4.04. The molecular formula is C11H22S. The van der Waals surface area contributed by atoms with Crippen LogP contribution in [-0.4, -0.2) is 5.37 Å². The van der Waals surface area contributed by atoms with Crippen molar-refractivity contribution in [2.24, 2.45) is 5.92 Å². The third-order valence-electron chi connectivity index (χ3n) is 2.30. The molecule has 1 heteroatoms. The lowest BCUT2D eigenvalue weighted by Crippen LogP contribution is -1.94. The van der Waals surface area contributed by atoms with Crippen molar-refractivity contribution >= 4 is 17.6 Å². The van der Waals surface area contributed by atoms with E-state index in [-0.39, 0.29) is 0 Å². The van der Waals surface area contributed by atoms with E-state index in [0.29, 0.717) is 0 Å². The second-order valence-electron chi connectivity index (χ2n) is 3.71. The van der Waals surface area contributed by atoms with Crippen LogP contribution in [0.5, 0.6) is 0 Å². The SMILES string of the molecule is CCCCCCCC(C)CC=S. The van der Waals surface area contributed by atoms with Gasteiger partial charge in [0.15, 0.2) is 0 Å². The lowest BCUT2D eigenvalue weighted by Gasteiger charge is -2.06. The van der Waals surface area contributed by atoms with Crippen LogP contribution in [-0.2, 0) is 0 Å². The zero-order valence-electron chi connectivity index (χ0n) is 8.51. The first kappa shape index (κ1) is 12.1. The first-order valence-corrected chi connectivity index (χ1v) is 5.72. The van der Waals surface area contributed by atoms with Crippen LogP contribution in [0.3, 0.4) is 0 Å². The highest BCUT2D eigenvalue weighted by atomic mass is 32.1. The molecule has 0 aliphatic heterocycles. The first-order valence-electron chi connectivity index (χ1n) is 5.24. The normalized spacial score (nSPS) is 12.8. The Balaban J connectivity index is 3.02. The van der Waals surface area contributed by atoms with Crippen molar-refractivity contribution in [3.8, 4) is 0 Å². The summed E-state index contributed by atoms with van der Waals surface area (Å²) in [6.07, 6.45) is 9.44. The highest BCUT2D eigenvalue weighted by Gasteiger charge is 1.98. The molecule has 0 bridgehead atoms. The van der Waals surface area contributed by atoms with E-state index < -0.39 is 0 Å². The molecule has 0 rings (SSSR count). The maximum atomic E-state index is 4.82. The zero-order valence-corrected chi connectivity index (χ0v) is 9.33. The van der Waals surface area contributed by atoms with Gasteiger partial charge in [0, 0.05) is 0 Å². The monoisotopic (exact) mass is 186 g/mol. The van der Waals surface area contributed by atoms with E-state index in [1.54, 1.807) is 0 Å². The summed E-state index contributed by atoms with van der Waals surface area (Å²) in [5.74, 6) is 0.809. The Morgan fingerprint density at radius 2 is 1.83 bits per heavy atom. The molecule has 1 atom stereocenters. The third kappa shape index (κ3) is 8.19. The molecule has 0 aromatic carbocycles. The van der Waals surface area contributed by atoms with E-state index >= 15 is 0 Å². The summed E-state index contributed by atoms with van der Waals surface area (Å²) in [6, 6.07) is 0. The van der Waals surface area contributed by atoms with E-state index in [2.05, 4.69) is 13.8 Å². The molecule has 12 heavy (non-hydrogen) atoms. The van der Waals surface area contributed by atoms with Gasteiger partial charge < -0.3 is 0 Å². The number of thiocarbonyl (C=S) groups is 1. The Bertz CT molecular complexity index is 99.2. The van der Waals surface area contributed by atoms with Gasteiger partial charge in [-0.25, -0.2) is 0 Å². The summed E-state index contributed by atoms with van der Waals surface area (Å²) in [4.78, 5) is 0. The van der Waals surface area contributed by atoms with Gasteiger partial charge in [-0.1, -0.05) is 64.6 Å². The van der Waals surface area contributed by atoms with Gasteiger partial charge in [0.2, 0.25) is 0 Å². The summed E-state index contributed by atoms with van der Waals surface area (Å²) in [5, 5.41) is 1.87. The minimum absolute atomic E-state index is 0.809. The van der Waals surface area contributed by atoms with Crippen LogP contribution < -0.4 is 0 Å². The fraction of sp³-hybridized carbons (Fsp3) is 0.909. The summed E-state index contributed by atoms with van der Waals surface area (Å²) in [6.45, 7) is 4.55. The van der Waals surface area contributed by atoms with E-state index in [9.17, 15) is 0 Å². The summed E-state index contributed by atoms with van der Waals surface area (Å²) >= 11 is 4.82. The van der Waals surface area contributed by atoms with Gasteiger partial charge in [0.05, 0.1) is 0 Å². The molecule has 0 saturated carbocycles. The molecule has 0 nitrogen and oxygen atoms in total. The quantitative estimate of drug-likeness (QED) is 0.400. The van der Waals surface area contributed by atoms with Crippen LogP contribution in [0.2, 0.25) is 0 Å². The standard InChI is InChI=1S/C11H22S/c1-3-4-5-6-7-8-11(2)9-10-12/h10-11H,3-9H2,1-2H3. The van der Waals surface area contributed by atoms with Crippen LogP contribution in [0.1, 0.15) is 58.8 Å². The van der Waals surface area contributed by atoms with Crippen molar-refractivity contribution in [2.75, 3.05) is 0 Å². The molecule has 1 unspecified atom stereocenters. The third-order valence-corrected chi connectivity index (χ3v) is 2.49. The van der Waals surface area contributed by atoms with Crippen LogP contribution in [0.15, 0.2) is 0 Å². The van der Waals surface area contributed by atoms with Crippen molar-refractivity contribution in [1.29, 1.82) is 0 Å². The summed E-state index contributed by atoms with van der Waals surface area (Å²) < 4.78 is 0. The number of rotatable bonds is 8. The average Bonchev–Trinajstić information content (AvgIpc) is 2.05. The molecule has 0 aliphatic rings. The van der Waals surface area contributed by atoms with Crippen LogP contribution in [0, 0.1) is 5.92 Å². The van der Waals surface area contributed by atoms with Gasteiger partial charge in [0.25, 0.3) is 0 Å².